The van der Waals surface area contributed by atoms with Crippen LogP contribution in [0.2, 0.25) is 13.1 Å². The molecule has 0 unspecified atom stereocenters. The molecule has 0 saturated heterocycles. The SMILES string of the molecule is CC1=C([Si](C)(C)C2=C(C)Cc3cccc(-c4cccc5ccccc45)c32)c2c(cccc2-c2cccc3ccccc23)C1. The molecule has 0 amide bonds. The monoisotopic (exact) mass is 568 g/mol. The molecule has 0 aliphatic heterocycles. The molecule has 0 nitrogen and oxygen atoms in total. The van der Waals surface area contributed by atoms with Crippen LogP contribution in [0.15, 0.2) is 132 Å². The standard InChI is InChI=1S/C42H36Si/c1-27-25-31-17-11-23-37(35-21-9-15-29-13-5-7-19-33(29)35)39(31)41(27)43(3,4)42-28(2)26-32-18-12-24-38(40(32)42)36-22-10-16-30-14-6-8-20-34(30)36/h5-24H,25-26H2,1-4H3. The molecule has 0 spiro atoms. The average molecular weight is 569 g/mol. The Bertz CT molecular complexity index is 2010. The molecule has 2 aliphatic rings. The summed E-state index contributed by atoms with van der Waals surface area (Å²) in [6.07, 6.45) is 2.09. The first kappa shape index (κ1) is 26.2. The molecule has 0 aromatic heterocycles. The number of rotatable bonds is 4. The maximum absolute atomic E-state index is 2.62. The smallest absolute Gasteiger partial charge is 0.0686 e. The van der Waals surface area contributed by atoms with Gasteiger partial charge in [-0.15, -0.1) is 0 Å². The second-order valence-corrected chi connectivity index (χ2v) is 17.3. The highest BCUT2D eigenvalue weighted by atomic mass is 28.3. The summed E-state index contributed by atoms with van der Waals surface area (Å²) in [6.45, 7) is 10.0. The minimum atomic E-state index is -2.17. The highest BCUT2D eigenvalue weighted by Crippen LogP contribution is 2.53. The number of benzene rings is 6. The van der Waals surface area contributed by atoms with E-state index in [1.807, 2.05) is 0 Å². The summed E-state index contributed by atoms with van der Waals surface area (Å²) in [5, 5.41) is 8.56. The van der Waals surface area contributed by atoms with Crippen molar-refractivity contribution in [3.8, 4) is 22.3 Å². The molecule has 2 aliphatic carbocycles. The minimum Gasteiger partial charge on any atom is -0.0686 e. The number of fused-ring (bicyclic) bond motifs is 4. The van der Waals surface area contributed by atoms with E-state index < -0.39 is 8.07 Å². The summed E-state index contributed by atoms with van der Waals surface area (Å²) in [4.78, 5) is 0. The van der Waals surface area contributed by atoms with Gasteiger partial charge >= 0.3 is 0 Å². The van der Waals surface area contributed by atoms with Crippen LogP contribution in [-0.4, -0.2) is 8.07 Å². The van der Waals surface area contributed by atoms with Gasteiger partial charge in [-0.1, -0.05) is 146 Å². The van der Waals surface area contributed by atoms with Gasteiger partial charge in [0.15, 0.2) is 0 Å². The van der Waals surface area contributed by atoms with Crippen LogP contribution in [0.5, 0.6) is 0 Å². The zero-order valence-electron chi connectivity index (χ0n) is 25.5. The summed E-state index contributed by atoms with van der Waals surface area (Å²) in [6, 6.07) is 45.3. The third kappa shape index (κ3) is 3.95. The van der Waals surface area contributed by atoms with E-state index in [1.165, 1.54) is 66.1 Å². The zero-order chi connectivity index (χ0) is 29.3. The van der Waals surface area contributed by atoms with Crippen molar-refractivity contribution in [1.82, 2.24) is 0 Å². The zero-order valence-corrected chi connectivity index (χ0v) is 26.5. The normalized spacial score (nSPS) is 14.6. The minimum absolute atomic E-state index is 1.05. The predicted molar refractivity (Wildman–Crippen MR) is 189 cm³/mol. The fourth-order valence-electron chi connectivity index (χ4n) is 8.45. The fourth-order valence-corrected chi connectivity index (χ4v) is 12.8. The van der Waals surface area contributed by atoms with Crippen molar-refractivity contribution < 1.29 is 0 Å². The van der Waals surface area contributed by atoms with Gasteiger partial charge in [-0.3, -0.25) is 0 Å². The molecule has 0 heterocycles. The Balaban J connectivity index is 1.34. The summed E-state index contributed by atoms with van der Waals surface area (Å²) in [5.41, 5.74) is 14.6. The lowest BCUT2D eigenvalue weighted by Gasteiger charge is -2.32. The van der Waals surface area contributed by atoms with E-state index in [0.717, 1.165) is 12.8 Å². The molecule has 0 N–H and O–H groups in total. The van der Waals surface area contributed by atoms with Crippen LogP contribution in [0.25, 0.3) is 54.2 Å². The first-order valence-corrected chi connectivity index (χ1v) is 18.5. The number of hydrogen-bond acceptors (Lipinski definition) is 0. The summed E-state index contributed by atoms with van der Waals surface area (Å²) in [7, 11) is -2.17. The van der Waals surface area contributed by atoms with Crippen LogP contribution in [0.4, 0.5) is 0 Å². The van der Waals surface area contributed by atoms with E-state index >= 15 is 0 Å². The number of hydrogen-bond donors (Lipinski definition) is 0. The molecule has 0 radical (unpaired) electrons. The molecule has 1 heteroatoms. The van der Waals surface area contributed by atoms with Gasteiger partial charge in [-0.2, -0.15) is 0 Å². The van der Waals surface area contributed by atoms with E-state index in [9.17, 15) is 0 Å². The van der Waals surface area contributed by atoms with E-state index in [0.29, 0.717) is 0 Å². The predicted octanol–water partition coefficient (Wildman–Crippen LogP) is 11.5. The molecule has 0 bridgehead atoms. The molecule has 43 heavy (non-hydrogen) atoms. The maximum Gasteiger partial charge on any atom is 0.113 e. The molecule has 6 aromatic carbocycles. The highest BCUT2D eigenvalue weighted by molar-refractivity contribution is 7.09. The van der Waals surface area contributed by atoms with Crippen molar-refractivity contribution in [1.29, 1.82) is 0 Å². The van der Waals surface area contributed by atoms with E-state index in [4.69, 9.17) is 0 Å². The molecule has 0 saturated carbocycles. The second-order valence-electron chi connectivity index (χ2n) is 13.0. The lowest BCUT2D eigenvalue weighted by atomic mass is 9.93. The first-order chi connectivity index (χ1) is 20.9. The van der Waals surface area contributed by atoms with Gasteiger partial charge in [0.2, 0.25) is 0 Å². The Morgan fingerprint density at radius 3 is 1.26 bits per heavy atom. The van der Waals surface area contributed by atoms with Crippen molar-refractivity contribution in [2.75, 3.05) is 0 Å². The van der Waals surface area contributed by atoms with E-state index in [-0.39, 0.29) is 0 Å². The highest BCUT2D eigenvalue weighted by Gasteiger charge is 2.42. The maximum atomic E-state index is 2.62. The Morgan fingerprint density at radius 1 is 0.419 bits per heavy atom. The topological polar surface area (TPSA) is 0 Å². The van der Waals surface area contributed by atoms with Crippen LogP contribution in [0.3, 0.4) is 0 Å². The molecule has 6 aromatic rings. The molecule has 0 atom stereocenters. The Labute approximate surface area is 256 Å². The molecule has 8 rings (SSSR count). The van der Waals surface area contributed by atoms with Crippen LogP contribution < -0.4 is 0 Å². The van der Waals surface area contributed by atoms with Gasteiger partial charge in [-0.25, -0.2) is 0 Å². The van der Waals surface area contributed by atoms with E-state index in [2.05, 4.69) is 148 Å². The Hall–Kier alpha value is -4.46. The summed E-state index contributed by atoms with van der Waals surface area (Å²) >= 11 is 0. The van der Waals surface area contributed by atoms with Crippen molar-refractivity contribution in [2.45, 2.75) is 39.8 Å². The molecule has 0 fully saturated rings. The quantitative estimate of drug-likeness (QED) is 0.186. The van der Waals surface area contributed by atoms with Gasteiger partial charge in [0.05, 0.1) is 0 Å². The first-order valence-electron chi connectivity index (χ1n) is 15.5. The van der Waals surface area contributed by atoms with Crippen LogP contribution in [0.1, 0.15) is 36.1 Å². The average Bonchev–Trinajstić information content (AvgIpc) is 3.56. The van der Waals surface area contributed by atoms with Crippen LogP contribution in [-0.2, 0) is 12.8 Å². The van der Waals surface area contributed by atoms with Crippen molar-refractivity contribution in [2.24, 2.45) is 0 Å². The molecular weight excluding hydrogens is 533 g/mol. The van der Waals surface area contributed by atoms with Crippen molar-refractivity contribution in [3.63, 3.8) is 0 Å². The van der Waals surface area contributed by atoms with Crippen molar-refractivity contribution >= 4 is 40.0 Å². The fraction of sp³-hybridized carbons (Fsp3) is 0.143. The third-order valence-electron chi connectivity index (χ3n) is 9.98. The molecular formula is C42H36Si. The Kier molecular flexibility index (Phi) is 5.96. The van der Waals surface area contributed by atoms with Crippen molar-refractivity contribution in [3.05, 3.63) is 155 Å². The number of allylic oxidation sites excluding steroid dienone is 2. The van der Waals surface area contributed by atoms with Crippen LogP contribution in [0, 0.1) is 0 Å². The second kappa shape index (κ2) is 9.79. The van der Waals surface area contributed by atoms with E-state index in [1.54, 1.807) is 21.5 Å². The largest absolute Gasteiger partial charge is 0.113 e. The van der Waals surface area contributed by atoms with Gasteiger partial charge in [0.25, 0.3) is 0 Å². The van der Waals surface area contributed by atoms with Gasteiger partial charge < -0.3 is 0 Å². The van der Waals surface area contributed by atoms with Gasteiger partial charge in [-0.05, 0) is 103 Å². The lowest BCUT2D eigenvalue weighted by molar-refractivity contribution is 1.19. The van der Waals surface area contributed by atoms with Crippen LogP contribution >= 0.6 is 0 Å². The molecule has 208 valence electrons. The van der Waals surface area contributed by atoms with Gasteiger partial charge in [0.1, 0.15) is 8.07 Å². The summed E-state index contributed by atoms with van der Waals surface area (Å²) in [5.74, 6) is 0. The Morgan fingerprint density at radius 2 is 0.791 bits per heavy atom. The van der Waals surface area contributed by atoms with Gasteiger partial charge in [0, 0.05) is 0 Å². The lowest BCUT2D eigenvalue weighted by Crippen LogP contribution is -2.31. The third-order valence-corrected chi connectivity index (χ3v) is 13.8. The summed E-state index contributed by atoms with van der Waals surface area (Å²) < 4.78 is 0.